The molecule has 0 aliphatic carbocycles. The van der Waals surface area contributed by atoms with Crippen molar-refractivity contribution in [1.29, 1.82) is 0 Å². The molecule has 18 heteroatoms. The van der Waals surface area contributed by atoms with Crippen LogP contribution >= 0.6 is 31.1 Å². The standard InChI is InChI=1S/C23H35ClFN6O8PS/c1-12(2)38-18(33)13(3)30-40(35,36-7-8-41-20(34)22(4,5)6)37-10-14-9-23(24,25)19(39-14)31-11-27-15-16(31)28-21(26)29-17(15)32/h11-14,19H,7-10H2,1-6H3,(H,30,35)(H3,26,28,29,32)/t13?,14-,19+,23+,40?/m0/s1. The molecule has 5 atom stereocenters. The van der Waals surface area contributed by atoms with Crippen molar-refractivity contribution in [2.75, 3.05) is 24.7 Å². The van der Waals surface area contributed by atoms with Crippen LogP contribution in [-0.2, 0) is 32.7 Å². The Morgan fingerprint density at radius 1 is 1.39 bits per heavy atom. The zero-order valence-corrected chi connectivity index (χ0v) is 26.0. The number of nitrogens with two attached hydrogens (primary N) is 1. The van der Waals surface area contributed by atoms with E-state index < -0.39 is 67.3 Å². The summed E-state index contributed by atoms with van der Waals surface area (Å²) in [6, 6.07) is -1.09. The van der Waals surface area contributed by atoms with Gasteiger partial charge in [-0.2, -0.15) is 4.98 Å². The number of hydrogen-bond acceptors (Lipinski definition) is 12. The topological polar surface area (TPSA) is 190 Å². The molecule has 230 valence electrons. The maximum Gasteiger partial charge on any atom is 0.406 e. The van der Waals surface area contributed by atoms with Crippen molar-refractivity contribution < 1.29 is 37.1 Å². The first kappa shape index (κ1) is 33.4. The molecular weight excluding hydrogens is 606 g/mol. The Balaban J connectivity index is 1.72. The Labute approximate surface area is 245 Å². The van der Waals surface area contributed by atoms with E-state index >= 15 is 4.39 Å². The van der Waals surface area contributed by atoms with Gasteiger partial charge in [0.05, 0.1) is 31.7 Å². The molecule has 1 aliphatic rings. The first-order valence-electron chi connectivity index (χ1n) is 12.7. The van der Waals surface area contributed by atoms with Crippen LogP contribution in [0.1, 0.15) is 54.2 Å². The van der Waals surface area contributed by atoms with Gasteiger partial charge in [-0.1, -0.05) is 44.1 Å². The first-order chi connectivity index (χ1) is 18.9. The van der Waals surface area contributed by atoms with E-state index in [0.717, 1.165) is 22.7 Å². The third-order valence-corrected chi connectivity index (χ3v) is 8.86. The summed E-state index contributed by atoms with van der Waals surface area (Å²) in [5.41, 5.74) is 4.27. The molecule has 0 aromatic carbocycles. The van der Waals surface area contributed by atoms with Crippen LogP contribution in [-0.4, -0.2) is 72.9 Å². The molecule has 3 heterocycles. The monoisotopic (exact) mass is 640 g/mol. The largest absolute Gasteiger partial charge is 0.462 e. The fourth-order valence-corrected chi connectivity index (χ4v) is 6.38. The fraction of sp³-hybridized carbons (Fsp3) is 0.696. The van der Waals surface area contributed by atoms with E-state index in [2.05, 4.69) is 20.0 Å². The van der Waals surface area contributed by atoms with Crippen LogP contribution in [0, 0.1) is 5.41 Å². The summed E-state index contributed by atoms with van der Waals surface area (Å²) in [4.78, 5) is 46.9. The van der Waals surface area contributed by atoms with Gasteiger partial charge in [0.1, 0.15) is 6.04 Å². The van der Waals surface area contributed by atoms with E-state index in [1.165, 1.54) is 6.92 Å². The minimum Gasteiger partial charge on any atom is -0.462 e. The number of esters is 1. The second-order valence-electron chi connectivity index (χ2n) is 10.7. The number of rotatable bonds is 12. The minimum atomic E-state index is -4.21. The van der Waals surface area contributed by atoms with E-state index in [-0.39, 0.29) is 34.6 Å². The number of hydrogen-bond donors (Lipinski definition) is 3. The minimum absolute atomic E-state index is 0.0454. The summed E-state index contributed by atoms with van der Waals surface area (Å²) in [6.07, 6.45) is -2.20. The first-order valence-corrected chi connectivity index (χ1v) is 15.6. The Morgan fingerprint density at radius 3 is 2.71 bits per heavy atom. The van der Waals surface area contributed by atoms with E-state index in [0.29, 0.717) is 0 Å². The van der Waals surface area contributed by atoms with Gasteiger partial charge in [-0.3, -0.25) is 33.0 Å². The Hall–Kier alpha value is -2.07. The average Bonchev–Trinajstić information content (AvgIpc) is 3.38. The Kier molecular flexibility index (Phi) is 10.7. The number of halogens is 2. The lowest BCUT2D eigenvalue weighted by Gasteiger charge is -2.24. The lowest BCUT2D eigenvalue weighted by molar-refractivity contribution is -0.149. The van der Waals surface area contributed by atoms with Crippen molar-refractivity contribution in [3.05, 3.63) is 16.7 Å². The number of fused-ring (bicyclic) bond motifs is 1. The lowest BCUT2D eigenvalue weighted by atomic mass is 10.00. The molecule has 0 radical (unpaired) electrons. The van der Waals surface area contributed by atoms with Crippen molar-refractivity contribution >= 4 is 59.3 Å². The van der Waals surface area contributed by atoms with E-state index in [9.17, 15) is 18.9 Å². The normalized spacial score (nSPS) is 23.5. The van der Waals surface area contributed by atoms with Crippen LogP contribution in [0.15, 0.2) is 11.1 Å². The van der Waals surface area contributed by atoms with Crippen LogP contribution in [0.2, 0.25) is 0 Å². The van der Waals surface area contributed by atoms with Crippen LogP contribution in [0.4, 0.5) is 10.3 Å². The number of carbonyl (C=O) groups excluding carboxylic acids is 2. The zero-order chi connectivity index (χ0) is 30.8. The van der Waals surface area contributed by atoms with Crippen LogP contribution in [0.5, 0.6) is 0 Å². The molecule has 1 fully saturated rings. The number of nitrogen functional groups attached to an aromatic ring is 1. The zero-order valence-electron chi connectivity index (χ0n) is 23.5. The molecular formula is C23H35ClFN6O8PS. The number of thioether (sulfide) groups is 1. The molecule has 2 aromatic heterocycles. The summed E-state index contributed by atoms with van der Waals surface area (Å²) in [5.74, 6) is -0.743. The molecule has 1 aliphatic heterocycles. The van der Waals surface area contributed by atoms with Crippen LogP contribution in [0.3, 0.4) is 0 Å². The number of imidazole rings is 1. The maximum absolute atomic E-state index is 15.5. The van der Waals surface area contributed by atoms with Gasteiger partial charge in [0, 0.05) is 17.6 Å². The number of H-pyrrole nitrogens is 1. The van der Waals surface area contributed by atoms with E-state index in [4.69, 9.17) is 35.9 Å². The van der Waals surface area contributed by atoms with E-state index in [1.54, 1.807) is 34.6 Å². The van der Waals surface area contributed by atoms with Gasteiger partial charge in [0.25, 0.3) is 5.56 Å². The lowest BCUT2D eigenvalue weighted by Crippen LogP contribution is -2.36. The highest BCUT2D eigenvalue weighted by molar-refractivity contribution is 8.13. The maximum atomic E-state index is 15.5. The number of aromatic nitrogens is 4. The van der Waals surface area contributed by atoms with Crippen molar-refractivity contribution in [2.45, 2.75) is 77.6 Å². The van der Waals surface area contributed by atoms with Gasteiger partial charge >= 0.3 is 13.7 Å². The van der Waals surface area contributed by atoms with Gasteiger partial charge in [-0.15, -0.1) is 0 Å². The second-order valence-corrected chi connectivity index (χ2v) is 14.2. The van der Waals surface area contributed by atoms with E-state index in [1.807, 2.05) is 0 Å². The molecule has 0 spiro atoms. The highest BCUT2D eigenvalue weighted by Crippen LogP contribution is 2.49. The fourth-order valence-electron chi connectivity index (χ4n) is 3.64. The van der Waals surface area contributed by atoms with Gasteiger partial charge in [-0.05, 0) is 20.8 Å². The second kappa shape index (κ2) is 13.1. The predicted molar refractivity (Wildman–Crippen MR) is 151 cm³/mol. The summed E-state index contributed by atoms with van der Waals surface area (Å²) < 4.78 is 52.2. The number of aromatic amines is 1. The molecule has 14 nitrogen and oxygen atoms in total. The number of carbonyl (C=O) groups is 2. The summed E-state index contributed by atoms with van der Waals surface area (Å²) >= 11 is 7.14. The molecule has 41 heavy (non-hydrogen) atoms. The van der Waals surface area contributed by atoms with Crippen LogP contribution < -0.4 is 16.4 Å². The molecule has 0 amide bonds. The predicted octanol–water partition coefficient (Wildman–Crippen LogP) is 3.27. The number of nitrogens with zero attached hydrogens (tertiary/aromatic N) is 3. The van der Waals surface area contributed by atoms with Gasteiger partial charge in [0.15, 0.2) is 22.5 Å². The number of ether oxygens (including phenoxy) is 2. The van der Waals surface area contributed by atoms with Crippen molar-refractivity contribution in [2.24, 2.45) is 5.41 Å². The number of alkyl halides is 2. The summed E-state index contributed by atoms with van der Waals surface area (Å²) in [6.45, 7) is 9.43. The van der Waals surface area contributed by atoms with Crippen molar-refractivity contribution in [3.8, 4) is 0 Å². The third kappa shape index (κ3) is 8.72. The Bertz CT molecular complexity index is 1370. The summed E-state index contributed by atoms with van der Waals surface area (Å²) in [5, 5.41) is -0.0563. The quantitative estimate of drug-likeness (QED) is 0.133. The van der Waals surface area contributed by atoms with Gasteiger partial charge in [0.2, 0.25) is 11.1 Å². The average molecular weight is 641 g/mol. The smallest absolute Gasteiger partial charge is 0.406 e. The van der Waals surface area contributed by atoms with Gasteiger partial charge in [-0.25, -0.2) is 19.0 Å². The van der Waals surface area contributed by atoms with Crippen molar-refractivity contribution in [1.82, 2.24) is 24.6 Å². The molecule has 0 bridgehead atoms. The molecule has 2 aromatic rings. The molecule has 1 saturated heterocycles. The SMILES string of the molecule is CC(C)OC(=O)C(C)NP(=O)(OCCSC(=O)C(C)(C)C)OC[C@@H]1C[C@](F)(Cl)[C@H](n2cnc3c(=O)[nH]c(N)nc32)O1. The van der Waals surface area contributed by atoms with Crippen LogP contribution in [0.25, 0.3) is 11.2 Å². The molecule has 0 saturated carbocycles. The molecule has 3 rings (SSSR count). The highest BCUT2D eigenvalue weighted by Gasteiger charge is 2.50. The number of nitrogens with one attached hydrogen (secondary N) is 2. The highest BCUT2D eigenvalue weighted by atomic mass is 35.5. The summed E-state index contributed by atoms with van der Waals surface area (Å²) in [7, 11) is -4.21. The third-order valence-electron chi connectivity index (χ3n) is 5.56. The molecule has 2 unspecified atom stereocenters. The van der Waals surface area contributed by atoms with Gasteiger partial charge < -0.3 is 15.2 Å². The van der Waals surface area contributed by atoms with Crippen molar-refractivity contribution in [3.63, 3.8) is 0 Å². The Morgan fingerprint density at radius 2 is 2.07 bits per heavy atom. The number of anilines is 1. The molecule has 4 N–H and O–H groups in total.